The van der Waals surface area contributed by atoms with Gasteiger partial charge in [0, 0.05) is 19.1 Å². The van der Waals surface area contributed by atoms with E-state index in [-0.39, 0.29) is 18.0 Å². The molecule has 11 nitrogen and oxygen atoms in total. The van der Waals surface area contributed by atoms with E-state index in [1.54, 1.807) is 0 Å². The fourth-order valence-electron chi connectivity index (χ4n) is 1.44. The highest BCUT2D eigenvalue weighted by Gasteiger charge is 2.19. The summed E-state index contributed by atoms with van der Waals surface area (Å²) in [5, 5.41) is 27.6. The first-order valence-corrected chi connectivity index (χ1v) is 6.22. The minimum Gasteiger partial charge on any atom is -0.351 e. The van der Waals surface area contributed by atoms with Crippen LogP contribution < -0.4 is 10.7 Å². The molecule has 0 radical (unpaired) electrons. The second-order valence-electron chi connectivity index (χ2n) is 4.45. The molecule has 1 aromatic carbocycles. The number of nitrogens with one attached hydrogen (secondary N) is 2. The zero-order valence-corrected chi connectivity index (χ0v) is 12.2. The molecule has 2 amide bonds. The van der Waals surface area contributed by atoms with Crippen molar-refractivity contribution in [3.05, 3.63) is 44.0 Å². The lowest BCUT2D eigenvalue weighted by Crippen LogP contribution is -2.28. The highest BCUT2D eigenvalue weighted by atomic mass is 16.6. The highest BCUT2D eigenvalue weighted by Crippen LogP contribution is 2.22. The molecule has 0 fully saturated rings. The third-order valence-electron chi connectivity index (χ3n) is 2.53. The van der Waals surface area contributed by atoms with Crippen LogP contribution in [0.15, 0.2) is 23.3 Å². The summed E-state index contributed by atoms with van der Waals surface area (Å²) in [6.45, 7) is 2.95. The van der Waals surface area contributed by atoms with Crippen molar-refractivity contribution in [1.29, 1.82) is 0 Å². The lowest BCUT2D eigenvalue weighted by molar-refractivity contribution is -0.394. The standard InChI is InChI=1S/C12H13N5O6/c1-7(6-13-8(2)18)14-15-12(19)9-3-10(16(20)21)5-11(4-9)17(22)23/h3-5H,6H2,1-2H3,(H,13,18)(H,15,19)/b14-7+. The predicted molar refractivity (Wildman–Crippen MR) is 79.0 cm³/mol. The molecular formula is C12H13N5O6. The minimum absolute atomic E-state index is 0.102. The molecule has 0 aliphatic heterocycles. The van der Waals surface area contributed by atoms with Crippen LogP contribution in [0.5, 0.6) is 0 Å². The van der Waals surface area contributed by atoms with Crippen molar-refractivity contribution in [3.8, 4) is 0 Å². The SMILES string of the molecule is CC(=O)NC/C(C)=N/NC(=O)c1cc([N+](=O)[O-])cc([N+](=O)[O-])c1. The number of amides is 2. The lowest BCUT2D eigenvalue weighted by Gasteiger charge is -2.04. The van der Waals surface area contributed by atoms with E-state index >= 15 is 0 Å². The second-order valence-corrected chi connectivity index (χ2v) is 4.45. The van der Waals surface area contributed by atoms with E-state index in [0.29, 0.717) is 5.71 Å². The Morgan fingerprint density at radius 1 is 1.09 bits per heavy atom. The molecule has 0 spiro atoms. The van der Waals surface area contributed by atoms with Crippen LogP contribution >= 0.6 is 0 Å². The van der Waals surface area contributed by atoms with E-state index in [0.717, 1.165) is 18.2 Å². The average Bonchev–Trinajstić information content (AvgIpc) is 2.49. The van der Waals surface area contributed by atoms with Gasteiger partial charge in [-0.1, -0.05) is 0 Å². The molecule has 11 heteroatoms. The van der Waals surface area contributed by atoms with Gasteiger partial charge in [0.15, 0.2) is 0 Å². The number of nitro groups is 2. The summed E-state index contributed by atoms with van der Waals surface area (Å²) in [6, 6.07) is 2.56. The summed E-state index contributed by atoms with van der Waals surface area (Å²) in [4.78, 5) is 42.4. The van der Waals surface area contributed by atoms with Crippen LogP contribution in [0.1, 0.15) is 24.2 Å². The van der Waals surface area contributed by atoms with Crippen molar-refractivity contribution < 1.29 is 19.4 Å². The number of non-ortho nitro benzene ring substituents is 2. The third-order valence-corrected chi connectivity index (χ3v) is 2.53. The maximum atomic E-state index is 11.9. The van der Waals surface area contributed by atoms with E-state index in [2.05, 4.69) is 15.8 Å². The first-order valence-electron chi connectivity index (χ1n) is 6.22. The lowest BCUT2D eigenvalue weighted by atomic mass is 10.1. The molecule has 0 aliphatic carbocycles. The van der Waals surface area contributed by atoms with Gasteiger partial charge < -0.3 is 5.32 Å². The van der Waals surface area contributed by atoms with Gasteiger partial charge in [-0.05, 0) is 6.92 Å². The van der Waals surface area contributed by atoms with E-state index < -0.39 is 27.1 Å². The Labute approximate surface area is 129 Å². The fourth-order valence-corrected chi connectivity index (χ4v) is 1.44. The van der Waals surface area contributed by atoms with E-state index in [9.17, 15) is 29.8 Å². The number of nitrogens with zero attached hydrogens (tertiary/aromatic N) is 3. The molecule has 2 N–H and O–H groups in total. The van der Waals surface area contributed by atoms with Gasteiger partial charge >= 0.3 is 0 Å². The van der Waals surface area contributed by atoms with Crippen LogP contribution in [0, 0.1) is 20.2 Å². The van der Waals surface area contributed by atoms with Gasteiger partial charge in [-0.25, -0.2) is 5.43 Å². The Bertz CT molecular complexity index is 667. The number of nitro benzene ring substituents is 2. The minimum atomic E-state index is -0.848. The van der Waals surface area contributed by atoms with Crippen LogP contribution in [0.4, 0.5) is 11.4 Å². The topological polar surface area (TPSA) is 157 Å². The molecule has 0 unspecified atom stereocenters. The number of rotatable bonds is 6. The Morgan fingerprint density at radius 3 is 2.04 bits per heavy atom. The van der Waals surface area contributed by atoms with Crippen LogP contribution in [0.25, 0.3) is 0 Å². The van der Waals surface area contributed by atoms with Gasteiger partial charge in [-0.2, -0.15) is 5.10 Å². The van der Waals surface area contributed by atoms with Crippen molar-refractivity contribution >= 4 is 28.9 Å². The Hall–Kier alpha value is -3.37. The molecule has 23 heavy (non-hydrogen) atoms. The summed E-state index contributed by atoms with van der Waals surface area (Å²) in [7, 11) is 0. The van der Waals surface area contributed by atoms with Crippen molar-refractivity contribution in [1.82, 2.24) is 10.7 Å². The molecule has 0 saturated carbocycles. The van der Waals surface area contributed by atoms with Crippen LogP contribution in [-0.4, -0.2) is 33.9 Å². The maximum absolute atomic E-state index is 11.9. The molecule has 122 valence electrons. The second kappa shape index (κ2) is 7.59. The summed E-state index contributed by atoms with van der Waals surface area (Å²) in [6.07, 6.45) is 0. The summed E-state index contributed by atoms with van der Waals surface area (Å²) >= 11 is 0. The molecule has 0 atom stereocenters. The van der Waals surface area contributed by atoms with Gasteiger partial charge in [-0.15, -0.1) is 0 Å². The Balaban J connectivity index is 2.95. The first kappa shape index (κ1) is 17.7. The molecule has 0 aromatic heterocycles. The number of hydrogen-bond acceptors (Lipinski definition) is 7. The number of carbonyl (C=O) groups is 2. The normalized spacial score (nSPS) is 10.8. The summed E-state index contributed by atoms with van der Waals surface area (Å²) < 4.78 is 0. The van der Waals surface area contributed by atoms with Gasteiger partial charge in [0.2, 0.25) is 5.91 Å². The van der Waals surface area contributed by atoms with Crippen molar-refractivity contribution in [2.24, 2.45) is 5.10 Å². The van der Waals surface area contributed by atoms with E-state index in [1.165, 1.54) is 13.8 Å². The maximum Gasteiger partial charge on any atom is 0.277 e. The predicted octanol–water partition coefficient (Wildman–Crippen LogP) is 0.745. The third kappa shape index (κ3) is 5.49. The number of hydrogen-bond donors (Lipinski definition) is 2. The fraction of sp³-hybridized carbons (Fsp3) is 0.250. The van der Waals surface area contributed by atoms with Crippen molar-refractivity contribution in [2.45, 2.75) is 13.8 Å². The Morgan fingerprint density at radius 2 is 1.61 bits per heavy atom. The molecule has 1 rings (SSSR count). The summed E-state index contributed by atoms with van der Waals surface area (Å²) in [5.41, 5.74) is 1.04. The van der Waals surface area contributed by atoms with E-state index in [1.807, 2.05) is 0 Å². The van der Waals surface area contributed by atoms with Crippen molar-refractivity contribution in [3.63, 3.8) is 0 Å². The molecule has 0 aliphatic rings. The number of carbonyl (C=O) groups excluding carboxylic acids is 2. The van der Waals surface area contributed by atoms with Crippen LogP contribution in [0.3, 0.4) is 0 Å². The molecule has 0 heterocycles. The van der Waals surface area contributed by atoms with Crippen LogP contribution in [0.2, 0.25) is 0 Å². The largest absolute Gasteiger partial charge is 0.351 e. The monoisotopic (exact) mass is 323 g/mol. The first-order chi connectivity index (χ1) is 10.7. The molecule has 1 aromatic rings. The zero-order valence-electron chi connectivity index (χ0n) is 12.2. The van der Waals surface area contributed by atoms with Gasteiger partial charge in [0.25, 0.3) is 17.3 Å². The highest BCUT2D eigenvalue weighted by molar-refractivity contribution is 5.97. The van der Waals surface area contributed by atoms with Crippen molar-refractivity contribution in [2.75, 3.05) is 6.54 Å². The van der Waals surface area contributed by atoms with Gasteiger partial charge in [-0.3, -0.25) is 29.8 Å². The molecule has 0 saturated heterocycles. The smallest absolute Gasteiger partial charge is 0.277 e. The molecular weight excluding hydrogens is 310 g/mol. The zero-order chi connectivity index (χ0) is 17.6. The van der Waals surface area contributed by atoms with Crippen LogP contribution in [-0.2, 0) is 4.79 Å². The number of hydrazone groups is 1. The van der Waals surface area contributed by atoms with Gasteiger partial charge in [0.05, 0.1) is 33.7 Å². The molecule has 0 bridgehead atoms. The average molecular weight is 323 g/mol. The number of benzene rings is 1. The quantitative estimate of drug-likeness (QED) is 0.446. The Kier molecular flexibility index (Phi) is 5.83. The van der Waals surface area contributed by atoms with Gasteiger partial charge in [0.1, 0.15) is 0 Å². The van der Waals surface area contributed by atoms with E-state index in [4.69, 9.17) is 0 Å². The summed E-state index contributed by atoms with van der Waals surface area (Å²) in [5.74, 6) is -1.13.